The standard InChI is InChI=1S/C23H18N4O/c28-23(27-25-14-16-11-12-24-20-7-3-1-5-17(16)20)19-13-22(15-9-10-15)26-21-8-4-2-6-18(19)21/h1-8,11-15H,9-10H2,(H,27,28). The molecule has 0 atom stereocenters. The van der Waals surface area contributed by atoms with Crippen molar-refractivity contribution in [1.29, 1.82) is 0 Å². The van der Waals surface area contributed by atoms with Gasteiger partial charge in [0.25, 0.3) is 5.91 Å². The molecule has 4 aromatic rings. The lowest BCUT2D eigenvalue weighted by molar-refractivity contribution is 0.0956. The van der Waals surface area contributed by atoms with Crippen LogP contribution in [0.2, 0.25) is 0 Å². The zero-order valence-corrected chi connectivity index (χ0v) is 15.2. The second-order valence-electron chi connectivity index (χ2n) is 7.00. The van der Waals surface area contributed by atoms with Gasteiger partial charge < -0.3 is 0 Å². The van der Waals surface area contributed by atoms with Crippen LogP contribution >= 0.6 is 0 Å². The number of hydrogen-bond donors (Lipinski definition) is 1. The summed E-state index contributed by atoms with van der Waals surface area (Å²) in [5.74, 6) is 0.248. The number of nitrogens with zero attached hydrogens (tertiary/aromatic N) is 3. The Morgan fingerprint density at radius 2 is 1.75 bits per heavy atom. The SMILES string of the molecule is O=C(NN=Cc1ccnc2ccccc12)c1cc(C2CC2)nc2ccccc12. The van der Waals surface area contributed by atoms with Crippen molar-refractivity contribution in [2.24, 2.45) is 5.10 Å². The minimum absolute atomic E-state index is 0.227. The maximum Gasteiger partial charge on any atom is 0.272 e. The van der Waals surface area contributed by atoms with Crippen molar-refractivity contribution >= 4 is 33.9 Å². The number of fused-ring (bicyclic) bond motifs is 2. The van der Waals surface area contributed by atoms with Crippen LogP contribution in [0.3, 0.4) is 0 Å². The lowest BCUT2D eigenvalue weighted by atomic mass is 10.1. The number of rotatable bonds is 4. The molecular weight excluding hydrogens is 348 g/mol. The summed E-state index contributed by atoms with van der Waals surface area (Å²) in [5.41, 5.74) is 6.93. The van der Waals surface area contributed by atoms with Gasteiger partial charge in [0.15, 0.2) is 0 Å². The second-order valence-corrected chi connectivity index (χ2v) is 7.00. The Hall–Kier alpha value is -3.60. The zero-order chi connectivity index (χ0) is 18.9. The van der Waals surface area contributed by atoms with Crippen LogP contribution in [0.25, 0.3) is 21.8 Å². The molecule has 5 heteroatoms. The number of carbonyl (C=O) groups is 1. The predicted molar refractivity (Wildman–Crippen MR) is 111 cm³/mol. The summed E-state index contributed by atoms with van der Waals surface area (Å²) in [6.07, 6.45) is 5.68. The van der Waals surface area contributed by atoms with Crippen LogP contribution in [0.5, 0.6) is 0 Å². The molecule has 0 saturated heterocycles. The summed E-state index contributed by atoms with van der Waals surface area (Å²) in [4.78, 5) is 21.9. The van der Waals surface area contributed by atoms with E-state index in [9.17, 15) is 4.79 Å². The molecule has 5 nitrogen and oxygen atoms in total. The summed E-state index contributed by atoms with van der Waals surface area (Å²) in [6, 6.07) is 19.4. The Morgan fingerprint density at radius 1 is 1.00 bits per heavy atom. The fourth-order valence-corrected chi connectivity index (χ4v) is 3.42. The maximum absolute atomic E-state index is 12.8. The first-order chi connectivity index (χ1) is 13.8. The summed E-state index contributed by atoms with van der Waals surface area (Å²) in [6.45, 7) is 0. The average molecular weight is 366 g/mol. The first-order valence-electron chi connectivity index (χ1n) is 9.36. The van der Waals surface area contributed by atoms with Gasteiger partial charge in [-0.2, -0.15) is 5.10 Å². The van der Waals surface area contributed by atoms with Crippen molar-refractivity contribution in [3.05, 3.63) is 83.7 Å². The van der Waals surface area contributed by atoms with E-state index in [-0.39, 0.29) is 5.91 Å². The van der Waals surface area contributed by atoms with Gasteiger partial charge in [-0.15, -0.1) is 0 Å². The highest BCUT2D eigenvalue weighted by Crippen LogP contribution is 2.40. The number of carbonyl (C=O) groups excluding carboxylic acids is 1. The zero-order valence-electron chi connectivity index (χ0n) is 15.2. The first-order valence-corrected chi connectivity index (χ1v) is 9.36. The van der Waals surface area contributed by atoms with Gasteiger partial charge >= 0.3 is 0 Å². The number of amides is 1. The van der Waals surface area contributed by atoms with Crippen LogP contribution < -0.4 is 5.43 Å². The molecule has 1 N–H and O–H groups in total. The number of hydrogen-bond acceptors (Lipinski definition) is 4. The van der Waals surface area contributed by atoms with Gasteiger partial charge in [-0.3, -0.25) is 14.8 Å². The van der Waals surface area contributed by atoms with Gasteiger partial charge in [-0.05, 0) is 37.1 Å². The third kappa shape index (κ3) is 3.11. The molecule has 2 aromatic carbocycles. The molecule has 1 saturated carbocycles. The Bertz CT molecular complexity index is 1220. The van der Waals surface area contributed by atoms with Crippen molar-refractivity contribution in [3.8, 4) is 0 Å². The highest BCUT2D eigenvalue weighted by Gasteiger charge is 2.26. The van der Waals surface area contributed by atoms with Crippen LogP contribution in [0.15, 0.2) is 72.0 Å². The maximum atomic E-state index is 12.8. The predicted octanol–water partition coefficient (Wildman–Crippen LogP) is 4.42. The Kier molecular flexibility index (Phi) is 4.05. The van der Waals surface area contributed by atoms with E-state index < -0.39 is 0 Å². The molecule has 0 unspecified atom stereocenters. The molecule has 1 fully saturated rings. The third-order valence-corrected chi connectivity index (χ3v) is 5.03. The van der Waals surface area contributed by atoms with Crippen molar-refractivity contribution in [1.82, 2.24) is 15.4 Å². The molecule has 1 amide bonds. The van der Waals surface area contributed by atoms with E-state index in [1.165, 1.54) is 0 Å². The van der Waals surface area contributed by atoms with E-state index in [1.54, 1.807) is 12.4 Å². The normalized spacial score (nSPS) is 14.0. The van der Waals surface area contributed by atoms with Crippen molar-refractivity contribution < 1.29 is 4.79 Å². The fourth-order valence-electron chi connectivity index (χ4n) is 3.42. The van der Waals surface area contributed by atoms with E-state index >= 15 is 0 Å². The number of pyridine rings is 2. The van der Waals surface area contributed by atoms with Crippen LogP contribution in [0.4, 0.5) is 0 Å². The van der Waals surface area contributed by atoms with Crippen LogP contribution in [-0.2, 0) is 0 Å². The molecule has 28 heavy (non-hydrogen) atoms. The summed E-state index contributed by atoms with van der Waals surface area (Å²) in [5, 5.41) is 6.03. The van der Waals surface area contributed by atoms with Gasteiger partial charge in [0.2, 0.25) is 0 Å². The number of aromatic nitrogens is 2. The highest BCUT2D eigenvalue weighted by molar-refractivity contribution is 6.06. The van der Waals surface area contributed by atoms with Crippen LogP contribution in [-0.4, -0.2) is 22.1 Å². The topological polar surface area (TPSA) is 67.2 Å². The second kappa shape index (κ2) is 6.85. The Balaban J connectivity index is 1.45. The molecule has 0 radical (unpaired) electrons. The molecule has 0 aliphatic heterocycles. The van der Waals surface area contributed by atoms with Gasteiger partial charge in [-0.25, -0.2) is 5.43 Å². The summed E-state index contributed by atoms with van der Waals surface area (Å²) < 4.78 is 0. The lowest BCUT2D eigenvalue weighted by Gasteiger charge is -2.08. The molecule has 2 aromatic heterocycles. The van der Waals surface area contributed by atoms with Gasteiger partial charge in [0.1, 0.15) is 0 Å². The van der Waals surface area contributed by atoms with E-state index in [4.69, 9.17) is 4.98 Å². The molecule has 0 spiro atoms. The number of benzene rings is 2. The van der Waals surface area contributed by atoms with E-state index in [0.717, 1.165) is 45.9 Å². The molecule has 5 rings (SSSR count). The molecule has 0 bridgehead atoms. The van der Waals surface area contributed by atoms with Gasteiger partial charge in [0, 0.05) is 34.1 Å². The smallest absolute Gasteiger partial charge is 0.267 e. The minimum atomic E-state index is -0.227. The van der Waals surface area contributed by atoms with E-state index in [2.05, 4.69) is 15.5 Å². The van der Waals surface area contributed by atoms with Crippen molar-refractivity contribution in [2.75, 3.05) is 0 Å². The van der Waals surface area contributed by atoms with Crippen LogP contribution in [0.1, 0.15) is 40.4 Å². The largest absolute Gasteiger partial charge is 0.272 e. The monoisotopic (exact) mass is 366 g/mol. The van der Waals surface area contributed by atoms with Gasteiger partial charge in [-0.1, -0.05) is 36.4 Å². The number of nitrogens with one attached hydrogen (secondary N) is 1. The van der Waals surface area contributed by atoms with Crippen molar-refractivity contribution in [3.63, 3.8) is 0 Å². The quantitative estimate of drug-likeness (QED) is 0.429. The molecule has 2 heterocycles. The van der Waals surface area contributed by atoms with E-state index in [1.807, 2.05) is 60.7 Å². The lowest BCUT2D eigenvalue weighted by Crippen LogP contribution is -2.18. The summed E-state index contributed by atoms with van der Waals surface area (Å²) >= 11 is 0. The minimum Gasteiger partial charge on any atom is -0.267 e. The van der Waals surface area contributed by atoms with Gasteiger partial charge in [0.05, 0.1) is 22.8 Å². The average Bonchev–Trinajstić information content (AvgIpc) is 3.58. The molecular formula is C23H18N4O. The van der Waals surface area contributed by atoms with E-state index in [0.29, 0.717) is 11.5 Å². The highest BCUT2D eigenvalue weighted by atomic mass is 16.2. The summed E-state index contributed by atoms with van der Waals surface area (Å²) in [7, 11) is 0. The molecule has 1 aliphatic carbocycles. The number of hydrazone groups is 1. The third-order valence-electron chi connectivity index (χ3n) is 5.03. The van der Waals surface area contributed by atoms with Crippen LogP contribution in [0, 0.1) is 0 Å². The fraction of sp³-hybridized carbons (Fsp3) is 0.130. The Morgan fingerprint density at radius 3 is 2.57 bits per heavy atom. The molecule has 1 aliphatic rings. The Labute approximate surface area is 162 Å². The molecule has 136 valence electrons. The first kappa shape index (κ1) is 16.6. The number of para-hydroxylation sites is 2. The van der Waals surface area contributed by atoms with Crippen molar-refractivity contribution in [2.45, 2.75) is 18.8 Å².